The highest BCUT2D eigenvalue weighted by molar-refractivity contribution is 6.09. The number of aliphatic hydroxyl groups excluding tert-OH is 1. The number of nitrogens with zero attached hydrogens (tertiary/aromatic N) is 1. The molecule has 1 N–H and O–H groups in total. The molecule has 0 radical (unpaired) electrons. The zero-order valence-electron chi connectivity index (χ0n) is 16.8. The van der Waals surface area contributed by atoms with Gasteiger partial charge < -0.3 is 19.5 Å². The second kappa shape index (κ2) is 8.78. The summed E-state index contributed by atoms with van der Waals surface area (Å²) in [5.41, 5.74) is 0.979. The summed E-state index contributed by atoms with van der Waals surface area (Å²) >= 11 is 0. The number of amides is 1. The molecule has 0 aromatic heterocycles. The Morgan fingerprint density at radius 1 is 1.32 bits per heavy atom. The van der Waals surface area contributed by atoms with Gasteiger partial charge >= 0.3 is 0 Å². The van der Waals surface area contributed by atoms with Crippen LogP contribution in [0.15, 0.2) is 35.6 Å². The molecule has 1 aromatic carbocycles. The molecule has 3 rings (SSSR count). The molecule has 2 atom stereocenters. The Hall–Kier alpha value is -2.34. The fourth-order valence-corrected chi connectivity index (χ4v) is 3.87. The largest absolute Gasteiger partial charge is 0.503 e. The molecule has 2 aliphatic heterocycles. The van der Waals surface area contributed by atoms with Crippen LogP contribution in [-0.2, 0) is 14.3 Å². The van der Waals surface area contributed by atoms with Gasteiger partial charge in [0.15, 0.2) is 11.5 Å². The van der Waals surface area contributed by atoms with E-state index in [1.165, 1.54) is 0 Å². The minimum Gasteiger partial charge on any atom is -0.503 e. The van der Waals surface area contributed by atoms with Crippen LogP contribution in [0.5, 0.6) is 5.75 Å². The van der Waals surface area contributed by atoms with Gasteiger partial charge in [-0.1, -0.05) is 26.0 Å². The molecule has 1 fully saturated rings. The van der Waals surface area contributed by atoms with E-state index in [0.29, 0.717) is 19.8 Å². The van der Waals surface area contributed by atoms with Gasteiger partial charge in [-0.2, -0.15) is 0 Å². The number of rotatable bonds is 8. The van der Waals surface area contributed by atoms with Gasteiger partial charge in [-0.05, 0) is 43.4 Å². The smallest absolute Gasteiger partial charge is 0.290 e. The molecule has 1 amide bonds. The predicted molar refractivity (Wildman–Crippen MR) is 105 cm³/mol. The number of carbonyl (C=O) groups excluding carboxylic acids is 2. The van der Waals surface area contributed by atoms with E-state index in [-0.39, 0.29) is 29.8 Å². The number of hydrogen-bond donors (Lipinski definition) is 1. The maximum atomic E-state index is 12.9. The molecule has 0 saturated carbocycles. The van der Waals surface area contributed by atoms with Gasteiger partial charge in [-0.3, -0.25) is 9.59 Å². The van der Waals surface area contributed by atoms with Crippen molar-refractivity contribution in [2.24, 2.45) is 5.92 Å². The molecule has 1 saturated heterocycles. The average Bonchev–Trinajstić information content (AvgIpc) is 3.24. The third kappa shape index (κ3) is 4.22. The molecule has 0 bridgehead atoms. The Bertz CT molecular complexity index is 747. The van der Waals surface area contributed by atoms with Gasteiger partial charge in [0.2, 0.25) is 0 Å². The molecule has 28 heavy (non-hydrogen) atoms. The van der Waals surface area contributed by atoms with E-state index in [1.807, 2.05) is 45.0 Å². The standard InChI is InChI=1S/C22H29NO5/c1-4-27-16-9-7-15(8-10-16)20-19(18(24)12-14(2)3)21(25)22(26)23(20)13-17-6-5-11-28-17/h7-10,14,17,20,25H,4-6,11-13H2,1-3H3. The molecule has 2 aliphatic rings. The van der Waals surface area contributed by atoms with Crippen molar-refractivity contribution in [1.29, 1.82) is 0 Å². The van der Waals surface area contributed by atoms with E-state index in [1.54, 1.807) is 4.90 Å². The van der Waals surface area contributed by atoms with Crippen molar-refractivity contribution in [2.45, 2.75) is 52.2 Å². The Labute approximate surface area is 166 Å². The monoisotopic (exact) mass is 387 g/mol. The molecular formula is C22H29NO5. The normalized spacial score (nSPS) is 22.4. The molecule has 152 valence electrons. The Kier molecular flexibility index (Phi) is 6.39. The highest BCUT2D eigenvalue weighted by Crippen LogP contribution is 2.39. The minimum absolute atomic E-state index is 0.0681. The third-order valence-electron chi connectivity index (χ3n) is 5.13. The van der Waals surface area contributed by atoms with Crippen molar-refractivity contribution < 1.29 is 24.2 Å². The van der Waals surface area contributed by atoms with Crippen molar-refractivity contribution in [3.8, 4) is 5.75 Å². The highest BCUT2D eigenvalue weighted by atomic mass is 16.5. The lowest BCUT2D eigenvalue weighted by Gasteiger charge is -2.29. The van der Waals surface area contributed by atoms with Crippen LogP contribution in [0.1, 0.15) is 51.6 Å². The zero-order chi connectivity index (χ0) is 20.3. The third-order valence-corrected chi connectivity index (χ3v) is 5.13. The first-order chi connectivity index (χ1) is 13.4. The van der Waals surface area contributed by atoms with Crippen molar-refractivity contribution in [3.05, 3.63) is 41.2 Å². The van der Waals surface area contributed by atoms with Crippen molar-refractivity contribution in [1.82, 2.24) is 4.90 Å². The average molecular weight is 387 g/mol. The summed E-state index contributed by atoms with van der Waals surface area (Å²) in [6, 6.07) is 6.76. The van der Waals surface area contributed by atoms with Gasteiger partial charge in [0.25, 0.3) is 5.91 Å². The lowest BCUT2D eigenvalue weighted by molar-refractivity contribution is -0.131. The number of benzene rings is 1. The fourth-order valence-electron chi connectivity index (χ4n) is 3.87. The fraction of sp³-hybridized carbons (Fsp3) is 0.545. The Morgan fingerprint density at radius 2 is 2.04 bits per heavy atom. The van der Waals surface area contributed by atoms with Gasteiger partial charge in [-0.15, -0.1) is 0 Å². The van der Waals surface area contributed by atoms with E-state index in [9.17, 15) is 14.7 Å². The van der Waals surface area contributed by atoms with E-state index >= 15 is 0 Å². The number of Topliss-reactive ketones (excluding diaryl/α,β-unsaturated/α-hetero) is 1. The number of ketones is 1. The molecule has 0 spiro atoms. The summed E-state index contributed by atoms with van der Waals surface area (Å²) in [6.07, 6.45) is 2.05. The van der Waals surface area contributed by atoms with Crippen LogP contribution in [-0.4, -0.2) is 47.6 Å². The number of carbonyl (C=O) groups is 2. The maximum Gasteiger partial charge on any atom is 0.290 e. The van der Waals surface area contributed by atoms with Crippen LogP contribution in [0.3, 0.4) is 0 Å². The van der Waals surface area contributed by atoms with Crippen LogP contribution in [0, 0.1) is 5.92 Å². The van der Waals surface area contributed by atoms with Gasteiger partial charge in [0.1, 0.15) is 5.75 Å². The topological polar surface area (TPSA) is 76.1 Å². The number of ether oxygens (including phenoxy) is 2. The van der Waals surface area contributed by atoms with Gasteiger partial charge in [0, 0.05) is 19.6 Å². The first-order valence-electron chi connectivity index (χ1n) is 10.0. The zero-order valence-corrected chi connectivity index (χ0v) is 16.8. The van der Waals surface area contributed by atoms with Crippen LogP contribution in [0.4, 0.5) is 0 Å². The number of aliphatic hydroxyl groups is 1. The van der Waals surface area contributed by atoms with E-state index < -0.39 is 17.7 Å². The summed E-state index contributed by atoms with van der Waals surface area (Å²) in [6.45, 7) is 7.41. The van der Waals surface area contributed by atoms with Crippen molar-refractivity contribution in [2.75, 3.05) is 19.8 Å². The Morgan fingerprint density at radius 3 is 2.61 bits per heavy atom. The van der Waals surface area contributed by atoms with Crippen molar-refractivity contribution in [3.63, 3.8) is 0 Å². The van der Waals surface area contributed by atoms with Gasteiger partial charge in [-0.25, -0.2) is 0 Å². The van der Waals surface area contributed by atoms with Crippen LogP contribution < -0.4 is 4.74 Å². The lowest BCUT2D eigenvalue weighted by atomic mass is 9.92. The molecular weight excluding hydrogens is 358 g/mol. The number of hydrogen-bond acceptors (Lipinski definition) is 5. The summed E-state index contributed by atoms with van der Waals surface area (Å²) in [5, 5.41) is 10.6. The first kappa shape index (κ1) is 20.4. The SMILES string of the molecule is CCOc1ccc(C2C(C(=O)CC(C)C)=C(O)C(=O)N2CC2CCCO2)cc1. The molecule has 2 heterocycles. The molecule has 6 nitrogen and oxygen atoms in total. The predicted octanol–water partition coefficient (Wildman–Crippen LogP) is 3.57. The van der Waals surface area contributed by atoms with Crippen LogP contribution in [0.25, 0.3) is 0 Å². The summed E-state index contributed by atoms with van der Waals surface area (Å²) in [7, 11) is 0. The second-order valence-corrected chi connectivity index (χ2v) is 7.78. The highest BCUT2D eigenvalue weighted by Gasteiger charge is 2.44. The van der Waals surface area contributed by atoms with Crippen LogP contribution >= 0.6 is 0 Å². The summed E-state index contributed by atoms with van der Waals surface area (Å²) < 4.78 is 11.2. The first-order valence-corrected chi connectivity index (χ1v) is 10.0. The minimum atomic E-state index is -0.598. The summed E-state index contributed by atoms with van der Waals surface area (Å²) in [4.78, 5) is 27.3. The molecule has 2 unspecified atom stereocenters. The molecule has 6 heteroatoms. The van der Waals surface area contributed by atoms with Gasteiger partial charge in [0.05, 0.1) is 24.3 Å². The second-order valence-electron chi connectivity index (χ2n) is 7.78. The molecule has 0 aliphatic carbocycles. The van der Waals surface area contributed by atoms with E-state index in [4.69, 9.17) is 9.47 Å². The maximum absolute atomic E-state index is 12.9. The molecule has 1 aromatic rings. The van der Waals surface area contributed by atoms with Crippen molar-refractivity contribution >= 4 is 11.7 Å². The Balaban J connectivity index is 1.95. The van der Waals surface area contributed by atoms with Crippen LogP contribution in [0.2, 0.25) is 0 Å². The quantitative estimate of drug-likeness (QED) is 0.738. The summed E-state index contributed by atoms with van der Waals surface area (Å²) in [5.74, 6) is -0.251. The van der Waals surface area contributed by atoms with E-state index in [0.717, 1.165) is 24.2 Å². The lowest BCUT2D eigenvalue weighted by Crippen LogP contribution is -2.37. The van der Waals surface area contributed by atoms with E-state index in [2.05, 4.69) is 0 Å².